The monoisotopic (exact) mass is 254 g/mol. The number of hydrogen-bond acceptors (Lipinski definition) is 2. The van der Waals surface area contributed by atoms with Crippen LogP contribution in [0.2, 0.25) is 0 Å². The molecule has 18 heavy (non-hydrogen) atoms. The van der Waals surface area contributed by atoms with Gasteiger partial charge in [0.2, 0.25) is 11.8 Å². The number of amides is 2. The normalized spacial score (nSPS) is 27.1. The number of carbonyl (C=O) groups excluding carboxylic acids is 2. The SMILES string of the molecule is CCC1NC(=O)C(C(C)(C)C)N(C(C)CC)C1=O. The van der Waals surface area contributed by atoms with Crippen molar-refractivity contribution < 1.29 is 9.59 Å². The van der Waals surface area contributed by atoms with Gasteiger partial charge in [0.25, 0.3) is 0 Å². The Morgan fingerprint density at radius 1 is 1.28 bits per heavy atom. The lowest BCUT2D eigenvalue weighted by atomic mass is 9.82. The molecule has 1 fully saturated rings. The second-order valence-electron chi connectivity index (χ2n) is 6.24. The first-order valence-corrected chi connectivity index (χ1v) is 6.86. The predicted molar refractivity (Wildman–Crippen MR) is 72.1 cm³/mol. The zero-order valence-electron chi connectivity index (χ0n) is 12.4. The summed E-state index contributed by atoms with van der Waals surface area (Å²) in [5, 5.41) is 2.85. The molecule has 0 aromatic rings. The fourth-order valence-electron chi connectivity index (χ4n) is 2.50. The van der Waals surface area contributed by atoms with Crippen LogP contribution in [0.5, 0.6) is 0 Å². The highest BCUT2D eigenvalue weighted by atomic mass is 16.2. The molecule has 1 N–H and O–H groups in total. The van der Waals surface area contributed by atoms with Gasteiger partial charge in [-0.15, -0.1) is 0 Å². The first-order valence-electron chi connectivity index (χ1n) is 6.86. The standard InChI is InChI=1S/C14H26N2O2/c1-7-9(3)16-11(14(4,5)6)12(17)15-10(8-2)13(16)18/h9-11H,7-8H2,1-6H3,(H,15,17). The molecule has 3 unspecified atom stereocenters. The average molecular weight is 254 g/mol. The number of nitrogens with zero attached hydrogens (tertiary/aromatic N) is 1. The molecule has 1 rings (SSSR count). The molecule has 0 bridgehead atoms. The van der Waals surface area contributed by atoms with Crippen molar-refractivity contribution in [1.82, 2.24) is 10.2 Å². The largest absolute Gasteiger partial charge is 0.342 e. The van der Waals surface area contributed by atoms with E-state index in [1.807, 2.05) is 41.5 Å². The van der Waals surface area contributed by atoms with Crippen molar-refractivity contribution >= 4 is 11.8 Å². The Kier molecular flexibility index (Phi) is 4.41. The van der Waals surface area contributed by atoms with Crippen LogP contribution in [0, 0.1) is 5.41 Å². The fraction of sp³-hybridized carbons (Fsp3) is 0.857. The second kappa shape index (κ2) is 5.29. The first kappa shape index (κ1) is 15.0. The highest BCUT2D eigenvalue weighted by Crippen LogP contribution is 2.30. The van der Waals surface area contributed by atoms with E-state index in [0.717, 1.165) is 6.42 Å². The number of nitrogens with one attached hydrogen (secondary N) is 1. The molecule has 4 nitrogen and oxygen atoms in total. The molecular formula is C14H26N2O2. The van der Waals surface area contributed by atoms with Gasteiger partial charge < -0.3 is 10.2 Å². The van der Waals surface area contributed by atoms with Crippen molar-refractivity contribution in [3.63, 3.8) is 0 Å². The lowest BCUT2D eigenvalue weighted by Gasteiger charge is -2.47. The molecule has 0 radical (unpaired) electrons. The van der Waals surface area contributed by atoms with E-state index in [9.17, 15) is 9.59 Å². The molecule has 0 aromatic heterocycles. The van der Waals surface area contributed by atoms with E-state index < -0.39 is 0 Å². The van der Waals surface area contributed by atoms with Gasteiger partial charge in [-0.1, -0.05) is 34.6 Å². The third-order valence-electron chi connectivity index (χ3n) is 3.69. The third-order valence-corrected chi connectivity index (χ3v) is 3.69. The van der Waals surface area contributed by atoms with Crippen molar-refractivity contribution in [2.24, 2.45) is 5.41 Å². The van der Waals surface area contributed by atoms with Gasteiger partial charge >= 0.3 is 0 Å². The van der Waals surface area contributed by atoms with Crippen molar-refractivity contribution in [3.8, 4) is 0 Å². The van der Waals surface area contributed by atoms with Crippen molar-refractivity contribution in [1.29, 1.82) is 0 Å². The topological polar surface area (TPSA) is 49.4 Å². The molecule has 0 aromatic carbocycles. The second-order valence-corrected chi connectivity index (χ2v) is 6.24. The maximum Gasteiger partial charge on any atom is 0.246 e. The van der Waals surface area contributed by atoms with Gasteiger partial charge in [0.15, 0.2) is 0 Å². The van der Waals surface area contributed by atoms with Crippen LogP contribution in [0.4, 0.5) is 0 Å². The molecule has 1 aliphatic rings. The van der Waals surface area contributed by atoms with Crippen LogP contribution in [-0.2, 0) is 9.59 Å². The number of carbonyl (C=O) groups is 2. The van der Waals surface area contributed by atoms with Crippen molar-refractivity contribution in [3.05, 3.63) is 0 Å². The minimum Gasteiger partial charge on any atom is -0.342 e. The molecule has 1 aliphatic heterocycles. The molecule has 104 valence electrons. The van der Waals surface area contributed by atoms with Gasteiger partial charge in [-0.05, 0) is 25.2 Å². The van der Waals surface area contributed by atoms with E-state index in [4.69, 9.17) is 0 Å². The van der Waals surface area contributed by atoms with E-state index in [-0.39, 0.29) is 35.4 Å². The molecule has 0 spiro atoms. The third kappa shape index (κ3) is 2.68. The van der Waals surface area contributed by atoms with Crippen LogP contribution in [0.25, 0.3) is 0 Å². The van der Waals surface area contributed by atoms with Crippen LogP contribution in [0.1, 0.15) is 54.4 Å². The summed E-state index contributed by atoms with van der Waals surface area (Å²) in [6.45, 7) is 12.0. The van der Waals surface area contributed by atoms with Gasteiger partial charge in [-0.3, -0.25) is 9.59 Å². The predicted octanol–water partition coefficient (Wildman–Crippen LogP) is 1.94. The molecule has 4 heteroatoms. The molecule has 3 atom stereocenters. The van der Waals surface area contributed by atoms with Gasteiger partial charge in [0.1, 0.15) is 12.1 Å². The summed E-state index contributed by atoms with van der Waals surface area (Å²) in [4.78, 5) is 26.6. The summed E-state index contributed by atoms with van der Waals surface area (Å²) in [6, 6.07) is -0.630. The Labute approximate surface area is 110 Å². The fourth-order valence-corrected chi connectivity index (χ4v) is 2.50. The van der Waals surface area contributed by atoms with E-state index in [2.05, 4.69) is 5.32 Å². The van der Waals surface area contributed by atoms with Crippen molar-refractivity contribution in [2.45, 2.75) is 72.5 Å². The van der Waals surface area contributed by atoms with E-state index in [1.54, 1.807) is 4.90 Å². The molecule has 0 aliphatic carbocycles. The minimum absolute atomic E-state index is 0.0192. The van der Waals surface area contributed by atoms with Crippen LogP contribution >= 0.6 is 0 Å². The van der Waals surface area contributed by atoms with E-state index in [0.29, 0.717) is 6.42 Å². The average Bonchev–Trinajstić information content (AvgIpc) is 2.28. The summed E-state index contributed by atoms with van der Waals surface area (Å²) in [5.41, 5.74) is -0.248. The summed E-state index contributed by atoms with van der Waals surface area (Å²) >= 11 is 0. The lowest BCUT2D eigenvalue weighted by molar-refractivity contribution is -0.156. The maximum absolute atomic E-state index is 12.5. The molecule has 1 saturated heterocycles. The van der Waals surface area contributed by atoms with Crippen LogP contribution in [-0.4, -0.2) is 34.8 Å². The van der Waals surface area contributed by atoms with E-state index in [1.165, 1.54) is 0 Å². The Bertz CT molecular complexity index is 333. The van der Waals surface area contributed by atoms with Gasteiger partial charge in [-0.2, -0.15) is 0 Å². The zero-order valence-corrected chi connectivity index (χ0v) is 12.4. The Hall–Kier alpha value is -1.06. The molecule has 0 saturated carbocycles. The van der Waals surface area contributed by atoms with Gasteiger partial charge in [0.05, 0.1) is 0 Å². The minimum atomic E-state index is -0.372. The Balaban J connectivity index is 3.14. The number of hydrogen-bond donors (Lipinski definition) is 1. The summed E-state index contributed by atoms with van der Waals surface area (Å²) in [6.07, 6.45) is 1.51. The first-order chi connectivity index (χ1) is 8.23. The van der Waals surface area contributed by atoms with Crippen LogP contribution in [0.15, 0.2) is 0 Å². The molecule has 1 heterocycles. The zero-order chi connectivity index (χ0) is 14.1. The van der Waals surface area contributed by atoms with Gasteiger partial charge in [-0.25, -0.2) is 0 Å². The number of rotatable bonds is 3. The van der Waals surface area contributed by atoms with Crippen molar-refractivity contribution in [2.75, 3.05) is 0 Å². The molecular weight excluding hydrogens is 228 g/mol. The molecule has 2 amide bonds. The van der Waals surface area contributed by atoms with Crippen LogP contribution < -0.4 is 5.32 Å². The van der Waals surface area contributed by atoms with E-state index >= 15 is 0 Å². The lowest BCUT2D eigenvalue weighted by Crippen LogP contribution is -2.68. The summed E-state index contributed by atoms with van der Waals surface area (Å²) in [5.74, 6) is 0.0422. The highest BCUT2D eigenvalue weighted by molar-refractivity contribution is 5.97. The van der Waals surface area contributed by atoms with Crippen LogP contribution in [0.3, 0.4) is 0 Å². The highest BCUT2D eigenvalue weighted by Gasteiger charge is 2.46. The Morgan fingerprint density at radius 3 is 2.22 bits per heavy atom. The quantitative estimate of drug-likeness (QED) is 0.836. The van der Waals surface area contributed by atoms with Gasteiger partial charge in [0, 0.05) is 6.04 Å². The smallest absolute Gasteiger partial charge is 0.246 e. The Morgan fingerprint density at radius 2 is 1.83 bits per heavy atom. The summed E-state index contributed by atoms with van der Waals surface area (Å²) in [7, 11) is 0. The number of piperazine rings is 1. The summed E-state index contributed by atoms with van der Waals surface area (Å²) < 4.78 is 0. The maximum atomic E-state index is 12.5.